The lowest BCUT2D eigenvalue weighted by Crippen LogP contribution is -2.05. The van der Waals surface area contributed by atoms with E-state index >= 15 is 0 Å². The van der Waals surface area contributed by atoms with Crippen molar-refractivity contribution in [3.63, 3.8) is 0 Å². The highest BCUT2D eigenvalue weighted by Crippen LogP contribution is 2.54. The van der Waals surface area contributed by atoms with Crippen LogP contribution in [0, 0.1) is 0 Å². The minimum Gasteiger partial charge on any atom is -0.452 e. The zero-order valence-electron chi connectivity index (χ0n) is 72.6. The van der Waals surface area contributed by atoms with E-state index in [-0.39, 0.29) is 0 Å². The molecule has 0 saturated carbocycles. The number of aromatic nitrogens is 9. The molecule has 0 N–H and O–H groups in total. The molecule has 0 radical (unpaired) electrons. The summed E-state index contributed by atoms with van der Waals surface area (Å²) in [7, 11) is 0. The van der Waals surface area contributed by atoms with Gasteiger partial charge in [0, 0.05) is 65.3 Å². The highest BCUT2D eigenvalue weighted by atomic mass is 16.3. The Hall–Kier alpha value is -18.3. The zero-order chi connectivity index (χ0) is 88.2. The van der Waals surface area contributed by atoms with Gasteiger partial charge in [-0.15, -0.1) is 0 Å². The molecule has 0 amide bonds. The number of rotatable bonds is 6. The average Bonchev–Trinajstić information content (AvgIpc) is 1.52. The molecule has 30 aromatic rings. The van der Waals surface area contributed by atoms with Gasteiger partial charge in [-0.05, 0) is 210 Å². The van der Waals surface area contributed by atoms with Gasteiger partial charge < -0.3 is 4.42 Å². The molecular weight excluding hydrogens is 1640 g/mol. The van der Waals surface area contributed by atoms with Crippen LogP contribution in [0.2, 0.25) is 0 Å². The van der Waals surface area contributed by atoms with Gasteiger partial charge >= 0.3 is 0 Å². The molecule has 0 unspecified atom stereocenters. The Bertz CT molecular complexity index is 10300. The van der Waals surface area contributed by atoms with E-state index in [0.717, 1.165) is 111 Å². The second kappa shape index (κ2) is 29.1. The predicted octanol–water partition coefficient (Wildman–Crippen LogP) is 32.8. The van der Waals surface area contributed by atoms with Crippen LogP contribution in [-0.4, -0.2) is 43.2 Å². The third-order valence-corrected chi connectivity index (χ3v) is 28.3. The molecule has 0 bridgehead atoms. The van der Waals surface area contributed by atoms with Crippen molar-refractivity contribution in [3.8, 4) is 68.2 Å². The van der Waals surface area contributed by atoms with Crippen molar-refractivity contribution in [3.05, 3.63) is 443 Å². The summed E-state index contributed by atoms with van der Waals surface area (Å²) in [4.78, 5) is 26.8. The number of benzene rings is 23. The molecule has 23 aromatic carbocycles. The quantitative estimate of drug-likeness (QED) is 0.154. The summed E-state index contributed by atoms with van der Waals surface area (Å²) in [6.45, 7) is 0. The number of para-hydroxylation sites is 7. The maximum Gasteiger partial charge on any atom is 0.236 e. The zero-order valence-corrected chi connectivity index (χ0v) is 72.6. The maximum absolute atomic E-state index is 6.56. The molecule has 1 aliphatic carbocycles. The van der Waals surface area contributed by atoms with Crippen molar-refractivity contribution in [2.24, 2.45) is 0 Å². The van der Waals surface area contributed by atoms with Crippen molar-refractivity contribution < 1.29 is 4.42 Å². The van der Waals surface area contributed by atoms with Crippen LogP contribution in [0.1, 0.15) is 0 Å². The lowest BCUT2D eigenvalue weighted by molar-refractivity contribution is 0.666. The fraction of sp³-hybridized carbons (Fsp3) is 0. The Balaban J connectivity index is 0.0000000990. The van der Waals surface area contributed by atoms with Gasteiger partial charge in [-0.25, -0.2) is 24.9 Å². The smallest absolute Gasteiger partial charge is 0.236 e. The summed E-state index contributed by atoms with van der Waals surface area (Å²) >= 11 is 0. The number of hydrogen-bond donors (Lipinski definition) is 0. The van der Waals surface area contributed by atoms with Crippen molar-refractivity contribution in [2.75, 3.05) is 0 Å². The van der Waals surface area contributed by atoms with E-state index in [4.69, 9.17) is 29.3 Å². The van der Waals surface area contributed by atoms with Gasteiger partial charge in [0.1, 0.15) is 22.5 Å². The fourth-order valence-corrected chi connectivity index (χ4v) is 22.6. The second-order valence-electron chi connectivity index (χ2n) is 35.5. The molecule has 135 heavy (non-hydrogen) atoms. The topological polar surface area (TPSA) is 97.3 Å². The lowest BCUT2D eigenvalue weighted by atomic mass is 9.91. The molecule has 10 nitrogen and oxygen atoms in total. The Kier molecular flexibility index (Phi) is 16.1. The van der Waals surface area contributed by atoms with E-state index in [2.05, 4.69) is 419 Å². The number of nitrogens with zero attached hydrogens (tertiary/aromatic N) is 9. The van der Waals surface area contributed by atoms with E-state index in [9.17, 15) is 0 Å². The van der Waals surface area contributed by atoms with Crippen molar-refractivity contribution in [1.82, 2.24) is 43.2 Å². The number of fused-ring (bicyclic) bond motifs is 36. The van der Waals surface area contributed by atoms with Crippen LogP contribution in [0.4, 0.5) is 0 Å². The van der Waals surface area contributed by atoms with Crippen molar-refractivity contribution in [1.29, 1.82) is 0 Å². The highest BCUT2D eigenvalue weighted by Gasteiger charge is 2.31. The first-order valence-corrected chi connectivity index (χ1v) is 46.0. The van der Waals surface area contributed by atoms with Gasteiger partial charge in [-0.1, -0.05) is 352 Å². The number of hydrogen-bond acceptors (Lipinski definition) is 6. The standard InChI is InChI=1S/C46H25N3O.C42H25N3.C37H23N3/c1-2-12-28-24-29(21-20-26(28)10-1)43-45-44(34-16-7-8-19-39(34)50-45)48-46(47-43)49-37-23-22-27-11-3-4-13-30(27)41(37)42-35-18-9-17-33-31-14-5-6-15-32(31)36(40(33)35)25-38(42)49;1-2-12-26(13-3-1)41-42(44-36-21-11-10-20-35(36)43-41)45-37-23-22-33-31-18-7-6-16-29(31)30-17-8-9-19-32(30)39(33)40(37)34-24-27-14-4-5-15-28(27)25-38(34)45;1-2-12-24(13-3-1)39-34-21-11-9-19-32(34)38-37(39)40-33-20-10-8-17-28(33)31-23-22-30-27-16-5-4-14-25(27)26-15-6-7-18-29(26)35(30)36(31)40/h1-25H;1-25H;1-23H. The Morgan fingerprint density at radius 3 is 1.41 bits per heavy atom. The van der Waals surface area contributed by atoms with Gasteiger partial charge in [0.25, 0.3) is 0 Å². The third-order valence-electron chi connectivity index (χ3n) is 28.3. The summed E-state index contributed by atoms with van der Waals surface area (Å²) in [6, 6.07) is 158. The summed E-state index contributed by atoms with van der Waals surface area (Å²) in [5.41, 5.74) is 22.7. The van der Waals surface area contributed by atoms with Gasteiger partial charge in [-0.2, -0.15) is 0 Å². The first kappa shape index (κ1) is 74.7. The molecule has 7 heterocycles. The molecule has 31 rings (SSSR count). The molecule has 0 spiro atoms. The third kappa shape index (κ3) is 11.1. The molecule has 10 heteroatoms. The SMILES string of the molecule is c1ccc(-c2nc3ccccc3nc2-n2c3cc4ccccc4cc3c3c4c5ccccc5c5ccccc5c4ccc32)cc1.c1ccc(-n2c(-n3c4ccccc4c4ccc5c6ccccc6c6ccccc6c5c43)nc3ccccc32)cc1.c1ccc2c(c1)-c1cccc3c1c-2cc1c3c2c3ccccc3ccc2n1-c1nc(-c2ccc3ccccc3c2)c2oc3ccccc3c2n1. The van der Waals surface area contributed by atoms with Crippen LogP contribution in [0.5, 0.6) is 0 Å². The summed E-state index contributed by atoms with van der Waals surface area (Å²) in [5, 5.41) is 33.3. The maximum atomic E-state index is 6.56. The van der Waals surface area contributed by atoms with E-state index < -0.39 is 0 Å². The monoisotopic (exact) mass is 1720 g/mol. The van der Waals surface area contributed by atoms with Crippen LogP contribution in [0.3, 0.4) is 0 Å². The molecule has 0 atom stereocenters. The normalized spacial score (nSPS) is 12.1. The van der Waals surface area contributed by atoms with Crippen molar-refractivity contribution in [2.45, 2.75) is 0 Å². The first-order valence-electron chi connectivity index (χ1n) is 46.0. The average molecular weight is 1720 g/mol. The molecule has 624 valence electrons. The van der Waals surface area contributed by atoms with Crippen LogP contribution in [0.25, 0.3) is 285 Å². The van der Waals surface area contributed by atoms with Gasteiger partial charge in [-0.3, -0.25) is 18.3 Å². The summed E-state index contributed by atoms with van der Waals surface area (Å²) < 4.78 is 15.9. The van der Waals surface area contributed by atoms with E-state index in [1.807, 2.05) is 42.5 Å². The van der Waals surface area contributed by atoms with Crippen LogP contribution >= 0.6 is 0 Å². The largest absolute Gasteiger partial charge is 0.452 e. The number of furan rings is 1. The van der Waals surface area contributed by atoms with Crippen LogP contribution < -0.4 is 0 Å². The van der Waals surface area contributed by atoms with E-state index in [0.29, 0.717) is 11.5 Å². The van der Waals surface area contributed by atoms with Gasteiger partial charge in [0.15, 0.2) is 11.4 Å². The molecule has 1 aliphatic rings. The molecule has 0 aliphatic heterocycles. The van der Waals surface area contributed by atoms with E-state index in [1.165, 1.54) is 162 Å². The Morgan fingerprint density at radius 2 is 0.689 bits per heavy atom. The number of imidazole rings is 1. The van der Waals surface area contributed by atoms with Crippen LogP contribution in [-0.2, 0) is 0 Å². The molecular formula is C125H73N9O. The second-order valence-corrected chi connectivity index (χ2v) is 35.5. The van der Waals surface area contributed by atoms with E-state index in [1.54, 1.807) is 0 Å². The molecule has 7 aromatic heterocycles. The molecule has 0 saturated heterocycles. The Morgan fingerprint density at radius 1 is 0.200 bits per heavy atom. The lowest BCUT2D eigenvalue weighted by Gasteiger charge is -2.15. The van der Waals surface area contributed by atoms with Gasteiger partial charge in [0.2, 0.25) is 11.9 Å². The minimum atomic E-state index is 0.622. The fourth-order valence-electron chi connectivity index (χ4n) is 22.6. The van der Waals surface area contributed by atoms with Crippen LogP contribution in [0.15, 0.2) is 447 Å². The Labute approximate surface area is 770 Å². The molecule has 0 fully saturated rings. The minimum absolute atomic E-state index is 0.622. The van der Waals surface area contributed by atoms with Gasteiger partial charge in [0.05, 0.1) is 55.2 Å². The summed E-state index contributed by atoms with van der Waals surface area (Å²) in [5.74, 6) is 2.35. The first-order chi connectivity index (χ1) is 67.0. The predicted molar refractivity (Wildman–Crippen MR) is 563 cm³/mol. The summed E-state index contributed by atoms with van der Waals surface area (Å²) in [6.07, 6.45) is 0. The highest BCUT2D eigenvalue weighted by molar-refractivity contribution is 6.38. The van der Waals surface area contributed by atoms with Crippen molar-refractivity contribution >= 4 is 217 Å².